The van der Waals surface area contributed by atoms with Crippen LogP contribution in [-0.4, -0.2) is 23.7 Å². The first-order valence-corrected chi connectivity index (χ1v) is 28.2. The summed E-state index contributed by atoms with van der Waals surface area (Å²) in [7, 11) is 25.0. The quantitative estimate of drug-likeness (QED) is 0.124. The van der Waals surface area contributed by atoms with E-state index in [4.69, 9.17) is 53.0 Å². The number of hydrogen-bond donors (Lipinski definition) is 0. The van der Waals surface area contributed by atoms with E-state index in [0.29, 0.717) is 5.69 Å². The van der Waals surface area contributed by atoms with Crippen molar-refractivity contribution in [3.05, 3.63) is 76.4 Å². The van der Waals surface area contributed by atoms with Gasteiger partial charge in [-0.1, -0.05) is 25.1 Å². The average Bonchev–Trinajstić information content (AvgIpc) is 3.06. The molecule has 0 aliphatic heterocycles. The predicted octanol–water partition coefficient (Wildman–Crippen LogP) is 7.39. The molecule has 0 unspecified atom stereocenters. The summed E-state index contributed by atoms with van der Waals surface area (Å²) < 4.78 is 43.0. The summed E-state index contributed by atoms with van der Waals surface area (Å²) in [6.07, 6.45) is -4.41. The van der Waals surface area contributed by atoms with Gasteiger partial charge in [0.2, 0.25) is 0 Å². The molecular formula is C17H14Cl6F3N4O2Sb. The van der Waals surface area contributed by atoms with Crippen LogP contribution in [0.25, 0.3) is 11.4 Å². The fourth-order valence-electron chi connectivity index (χ4n) is 2.63. The number of benzene rings is 2. The molecule has 1 aromatic heterocycles. The second kappa shape index (κ2) is 9.41. The SMILES string of the molecule is CCc1nc(C(F)(F)F)[n+](-c2ccccc2)n1-c1ccc([N+](=O)[O-])cc1.[Cl][Sb-]([Cl])([Cl])([Cl])([Cl])[Cl]. The molecule has 0 saturated heterocycles. The Labute approximate surface area is 206 Å². The van der Waals surface area contributed by atoms with Crippen LogP contribution in [0.1, 0.15) is 18.6 Å². The molecule has 0 N–H and O–H groups in total. The van der Waals surface area contributed by atoms with Crippen LogP contribution in [0.15, 0.2) is 54.6 Å². The van der Waals surface area contributed by atoms with E-state index in [2.05, 4.69) is 4.98 Å². The van der Waals surface area contributed by atoms with E-state index in [1.165, 1.54) is 41.1 Å². The van der Waals surface area contributed by atoms with Crippen molar-refractivity contribution in [1.82, 2.24) is 9.67 Å². The zero-order valence-corrected chi connectivity index (χ0v) is 23.4. The average molecular weight is 698 g/mol. The standard InChI is InChI=1S/C17H14F3N4O2.6ClH.Sb/c1-2-15-21-16(17(18,19)20)23(12-6-4-3-5-7-12)22(15)13-8-10-14(11-9-13)24(25)26;;;;;;;/h3-11H,2H2,1H3;6*1H;/q+1;;;;;;;+5/p-6. The Balaban J connectivity index is 0.000000479. The van der Waals surface area contributed by atoms with Crippen LogP contribution >= 0.6 is 53.0 Å². The number of non-ortho nitro benzene ring substituents is 1. The number of hydrogen-bond acceptors (Lipinski definition) is 3. The fraction of sp³-hybridized carbons (Fsp3) is 0.176. The summed E-state index contributed by atoms with van der Waals surface area (Å²) in [4.78, 5) is 14.0. The molecule has 182 valence electrons. The van der Waals surface area contributed by atoms with E-state index < -0.39 is 26.1 Å². The third-order valence-electron chi connectivity index (χ3n) is 3.76. The number of nitro groups is 1. The van der Waals surface area contributed by atoms with Gasteiger partial charge in [0.15, 0.2) is 5.69 Å². The van der Waals surface area contributed by atoms with Crippen LogP contribution in [0.5, 0.6) is 0 Å². The first kappa shape index (κ1) is 28.6. The number of aromatic nitrogens is 3. The minimum atomic E-state index is -5.42. The van der Waals surface area contributed by atoms with Gasteiger partial charge in [0, 0.05) is 18.6 Å². The summed E-state index contributed by atoms with van der Waals surface area (Å²) >= 11 is 0. The van der Waals surface area contributed by atoms with Crippen molar-refractivity contribution in [2.45, 2.75) is 19.5 Å². The summed E-state index contributed by atoms with van der Waals surface area (Å²) in [6.45, 7) is 1.69. The topological polar surface area (TPSA) is 64.8 Å². The van der Waals surface area contributed by atoms with E-state index >= 15 is 0 Å². The number of para-hydroxylation sites is 1. The Bertz CT molecular complexity index is 1140. The van der Waals surface area contributed by atoms with E-state index in [1.54, 1.807) is 25.1 Å². The number of nitrogens with zero attached hydrogens (tertiary/aromatic N) is 4. The van der Waals surface area contributed by atoms with Crippen molar-refractivity contribution in [2.24, 2.45) is 0 Å². The Morgan fingerprint density at radius 2 is 1.48 bits per heavy atom. The third kappa shape index (κ3) is 9.48. The molecule has 0 aliphatic carbocycles. The Kier molecular flexibility index (Phi) is 8.15. The van der Waals surface area contributed by atoms with Gasteiger partial charge in [-0.3, -0.25) is 10.1 Å². The molecular weight excluding hydrogens is 684 g/mol. The number of aryl methyl sites for hydroxylation is 1. The van der Waals surface area contributed by atoms with Crippen LogP contribution in [-0.2, 0) is 12.6 Å². The second-order valence-electron chi connectivity index (χ2n) is 6.39. The molecule has 33 heavy (non-hydrogen) atoms. The summed E-state index contributed by atoms with van der Waals surface area (Å²) in [5.41, 5.74) is 0.485. The minimum absolute atomic E-state index is 0.144. The second-order valence-corrected chi connectivity index (χ2v) is 63.3. The van der Waals surface area contributed by atoms with Crippen molar-refractivity contribution in [3.63, 3.8) is 0 Å². The molecule has 0 aliphatic rings. The van der Waals surface area contributed by atoms with E-state index in [9.17, 15) is 23.3 Å². The van der Waals surface area contributed by atoms with E-state index in [-0.39, 0.29) is 23.6 Å². The van der Waals surface area contributed by atoms with Crippen LogP contribution in [0.2, 0.25) is 0 Å². The molecule has 1 heterocycles. The van der Waals surface area contributed by atoms with Crippen LogP contribution < -0.4 is 4.68 Å². The Morgan fingerprint density at radius 3 is 1.88 bits per heavy atom. The van der Waals surface area contributed by atoms with Gasteiger partial charge in [-0.2, -0.15) is 13.2 Å². The first-order chi connectivity index (χ1) is 14.8. The summed E-state index contributed by atoms with van der Waals surface area (Å²) in [5, 5.41) is 10.8. The number of nitro benzene ring substituents is 1. The van der Waals surface area contributed by atoms with Crippen LogP contribution in [0.4, 0.5) is 18.9 Å². The molecule has 16 heteroatoms. The molecule has 0 saturated carbocycles. The third-order valence-corrected chi connectivity index (χ3v) is 3.76. The monoisotopic (exact) mass is 694 g/mol. The maximum absolute atomic E-state index is 13.6. The molecule has 3 aromatic rings. The molecule has 6 nitrogen and oxygen atoms in total. The predicted molar refractivity (Wildman–Crippen MR) is 127 cm³/mol. The van der Waals surface area contributed by atoms with Crippen molar-refractivity contribution in [3.8, 4) is 11.4 Å². The van der Waals surface area contributed by atoms with Gasteiger partial charge in [-0.05, 0) is 29.2 Å². The normalized spacial score (nSPS) is 14.0. The molecule has 0 bridgehead atoms. The first-order valence-electron chi connectivity index (χ1n) is 8.75. The van der Waals surface area contributed by atoms with E-state index in [0.717, 1.165) is 4.68 Å². The Hall–Kier alpha value is -0.672. The Morgan fingerprint density at radius 1 is 1.00 bits per heavy atom. The van der Waals surface area contributed by atoms with Gasteiger partial charge in [-0.25, -0.2) is 0 Å². The van der Waals surface area contributed by atoms with Crippen molar-refractivity contribution >= 4 is 67.8 Å². The molecule has 0 amide bonds. The van der Waals surface area contributed by atoms with Gasteiger partial charge >= 0.3 is 74.1 Å². The van der Waals surface area contributed by atoms with E-state index in [1.807, 2.05) is 0 Å². The van der Waals surface area contributed by atoms with Crippen LogP contribution in [0, 0.1) is 10.1 Å². The van der Waals surface area contributed by atoms with Gasteiger partial charge in [0.1, 0.15) is 0 Å². The molecule has 0 fully saturated rings. The molecule has 0 radical (unpaired) electrons. The van der Waals surface area contributed by atoms with Gasteiger partial charge in [-0.15, -0.1) is 9.36 Å². The molecule has 3 rings (SSSR count). The molecule has 2 aromatic carbocycles. The zero-order valence-electron chi connectivity index (χ0n) is 16.4. The summed E-state index contributed by atoms with van der Waals surface area (Å²) in [5.74, 6) is -0.867. The van der Waals surface area contributed by atoms with Crippen molar-refractivity contribution in [2.75, 3.05) is 0 Å². The number of alkyl halides is 3. The number of halogens is 9. The van der Waals surface area contributed by atoms with Gasteiger partial charge in [0.05, 0.1) is 10.6 Å². The maximum atomic E-state index is 13.6. The zero-order chi connectivity index (χ0) is 25.3. The van der Waals surface area contributed by atoms with Crippen molar-refractivity contribution < 1.29 is 22.8 Å². The van der Waals surface area contributed by atoms with Crippen LogP contribution in [0.3, 0.4) is 0 Å². The fourth-order valence-corrected chi connectivity index (χ4v) is 2.63. The molecule has 0 atom stereocenters. The van der Waals surface area contributed by atoms with Gasteiger partial charge in [0.25, 0.3) is 11.5 Å². The van der Waals surface area contributed by atoms with Crippen molar-refractivity contribution in [1.29, 1.82) is 0 Å². The number of rotatable bonds is 4. The molecule has 0 spiro atoms. The van der Waals surface area contributed by atoms with Gasteiger partial charge < -0.3 is 0 Å². The summed E-state index contributed by atoms with van der Waals surface area (Å²) in [6, 6.07) is 13.3.